The van der Waals surface area contributed by atoms with Gasteiger partial charge in [0.05, 0.1) is 11.0 Å². The number of hydrogen-bond acceptors (Lipinski definition) is 2. The number of aromatic amines is 1. The number of nitrogens with two attached hydrogens (primary N) is 1. The normalized spacial score (nSPS) is 11.2. The Kier molecular flexibility index (Phi) is 2.27. The van der Waals surface area contributed by atoms with Crippen molar-refractivity contribution >= 4 is 27.5 Å². The molecule has 0 fully saturated rings. The smallest absolute Gasteiger partial charge is 0.138 e. The van der Waals surface area contributed by atoms with E-state index in [9.17, 15) is 0 Å². The van der Waals surface area contributed by atoms with Crippen molar-refractivity contribution in [2.75, 3.05) is 5.73 Å². The van der Waals surface area contributed by atoms with Crippen LogP contribution in [0, 0.1) is 0 Å². The fourth-order valence-corrected chi connectivity index (χ4v) is 2.50. The first-order chi connectivity index (χ1) is 9.79. The summed E-state index contributed by atoms with van der Waals surface area (Å²) in [6, 6.07) is 20.4. The molecule has 1 aromatic heterocycles. The Balaban J connectivity index is 1.91. The Morgan fingerprint density at radius 3 is 2.60 bits per heavy atom. The first-order valence-corrected chi connectivity index (χ1v) is 6.54. The predicted molar refractivity (Wildman–Crippen MR) is 83.4 cm³/mol. The van der Waals surface area contributed by atoms with E-state index in [2.05, 4.69) is 40.3 Å². The summed E-state index contributed by atoms with van der Waals surface area (Å²) in [6.07, 6.45) is 0. The number of imidazole rings is 1. The number of nitrogen functional groups attached to an aromatic ring is 1. The van der Waals surface area contributed by atoms with Gasteiger partial charge in [0.25, 0.3) is 0 Å². The number of benzene rings is 3. The standard InChI is InChI=1S/C17H13N3/c18-14-7-8-15-16(10-14)20-17(19-15)13-6-5-11-3-1-2-4-12(11)9-13/h1-10H,18H2,(H,19,20). The molecule has 0 unspecified atom stereocenters. The monoisotopic (exact) mass is 259 g/mol. The summed E-state index contributed by atoms with van der Waals surface area (Å²) in [6.45, 7) is 0. The largest absolute Gasteiger partial charge is 0.399 e. The molecule has 0 bridgehead atoms. The van der Waals surface area contributed by atoms with Gasteiger partial charge in [0.15, 0.2) is 0 Å². The highest BCUT2D eigenvalue weighted by atomic mass is 14.9. The summed E-state index contributed by atoms with van der Waals surface area (Å²) in [7, 11) is 0. The summed E-state index contributed by atoms with van der Waals surface area (Å²) in [5, 5.41) is 2.45. The van der Waals surface area contributed by atoms with E-state index in [0.717, 1.165) is 28.1 Å². The minimum absolute atomic E-state index is 0.742. The molecule has 3 aromatic carbocycles. The van der Waals surface area contributed by atoms with Crippen molar-refractivity contribution in [3.8, 4) is 11.4 Å². The molecule has 3 heteroatoms. The number of nitrogens with zero attached hydrogens (tertiary/aromatic N) is 1. The lowest BCUT2D eigenvalue weighted by atomic mass is 10.1. The molecule has 3 N–H and O–H groups in total. The van der Waals surface area contributed by atoms with Gasteiger partial charge in [-0.3, -0.25) is 0 Å². The van der Waals surface area contributed by atoms with Gasteiger partial charge < -0.3 is 10.7 Å². The molecule has 0 aliphatic heterocycles. The third-order valence-corrected chi connectivity index (χ3v) is 3.53. The minimum atomic E-state index is 0.742. The van der Waals surface area contributed by atoms with Crippen LogP contribution in [0.25, 0.3) is 33.2 Å². The molecule has 0 aliphatic carbocycles. The Hall–Kier alpha value is -2.81. The number of H-pyrrole nitrogens is 1. The Labute approximate surface area is 116 Å². The van der Waals surface area contributed by atoms with Gasteiger partial charge in [-0.15, -0.1) is 0 Å². The molecule has 0 atom stereocenters. The lowest BCUT2D eigenvalue weighted by molar-refractivity contribution is 1.34. The van der Waals surface area contributed by atoms with Crippen molar-refractivity contribution in [1.82, 2.24) is 9.97 Å². The first kappa shape index (κ1) is 11.1. The molecular formula is C17H13N3. The SMILES string of the molecule is Nc1ccc2nc(-c3ccc4ccccc4c3)[nH]c2c1. The molecule has 0 saturated heterocycles. The van der Waals surface area contributed by atoms with E-state index in [-0.39, 0.29) is 0 Å². The van der Waals surface area contributed by atoms with Crippen molar-refractivity contribution in [2.24, 2.45) is 0 Å². The van der Waals surface area contributed by atoms with E-state index < -0.39 is 0 Å². The van der Waals surface area contributed by atoms with E-state index in [0.29, 0.717) is 0 Å². The van der Waals surface area contributed by atoms with Gasteiger partial charge in [-0.25, -0.2) is 4.98 Å². The lowest BCUT2D eigenvalue weighted by Crippen LogP contribution is -1.82. The maximum Gasteiger partial charge on any atom is 0.138 e. The minimum Gasteiger partial charge on any atom is -0.399 e. The van der Waals surface area contributed by atoms with Gasteiger partial charge in [-0.05, 0) is 35.0 Å². The van der Waals surface area contributed by atoms with E-state index in [1.54, 1.807) is 0 Å². The van der Waals surface area contributed by atoms with Crippen LogP contribution in [0.3, 0.4) is 0 Å². The summed E-state index contributed by atoms with van der Waals surface area (Å²) in [5.41, 5.74) is 9.52. The highest BCUT2D eigenvalue weighted by Crippen LogP contribution is 2.25. The molecule has 0 saturated carbocycles. The van der Waals surface area contributed by atoms with Crippen molar-refractivity contribution in [1.29, 1.82) is 0 Å². The highest BCUT2D eigenvalue weighted by molar-refractivity contribution is 5.88. The topological polar surface area (TPSA) is 54.7 Å². The Morgan fingerprint density at radius 2 is 1.70 bits per heavy atom. The fraction of sp³-hybridized carbons (Fsp3) is 0. The van der Waals surface area contributed by atoms with Crippen LogP contribution in [0.5, 0.6) is 0 Å². The molecule has 20 heavy (non-hydrogen) atoms. The van der Waals surface area contributed by atoms with Gasteiger partial charge in [-0.2, -0.15) is 0 Å². The van der Waals surface area contributed by atoms with Crippen LogP contribution < -0.4 is 5.73 Å². The van der Waals surface area contributed by atoms with E-state index in [1.165, 1.54) is 10.8 Å². The molecule has 3 nitrogen and oxygen atoms in total. The van der Waals surface area contributed by atoms with Crippen LogP contribution >= 0.6 is 0 Å². The fourth-order valence-electron chi connectivity index (χ4n) is 2.50. The third-order valence-electron chi connectivity index (χ3n) is 3.53. The molecule has 0 aliphatic rings. The van der Waals surface area contributed by atoms with E-state index >= 15 is 0 Å². The number of hydrogen-bond donors (Lipinski definition) is 2. The predicted octanol–water partition coefficient (Wildman–Crippen LogP) is 3.97. The lowest BCUT2D eigenvalue weighted by Gasteiger charge is -2.00. The molecule has 0 radical (unpaired) electrons. The number of anilines is 1. The Morgan fingerprint density at radius 1 is 0.850 bits per heavy atom. The average molecular weight is 259 g/mol. The zero-order valence-corrected chi connectivity index (χ0v) is 10.8. The van der Waals surface area contributed by atoms with Crippen molar-refractivity contribution in [3.63, 3.8) is 0 Å². The average Bonchev–Trinajstić information content (AvgIpc) is 2.89. The van der Waals surface area contributed by atoms with Crippen molar-refractivity contribution < 1.29 is 0 Å². The second-order valence-electron chi connectivity index (χ2n) is 4.92. The molecular weight excluding hydrogens is 246 g/mol. The van der Waals surface area contributed by atoms with Crippen LogP contribution in [-0.2, 0) is 0 Å². The molecule has 4 aromatic rings. The zero-order valence-electron chi connectivity index (χ0n) is 10.8. The maximum atomic E-state index is 5.80. The van der Waals surface area contributed by atoms with Crippen LogP contribution in [0.15, 0.2) is 60.7 Å². The van der Waals surface area contributed by atoms with Crippen molar-refractivity contribution in [2.45, 2.75) is 0 Å². The third kappa shape index (κ3) is 1.72. The zero-order chi connectivity index (χ0) is 13.5. The number of fused-ring (bicyclic) bond motifs is 2. The van der Waals surface area contributed by atoms with E-state index in [4.69, 9.17) is 5.73 Å². The van der Waals surface area contributed by atoms with Crippen LogP contribution in [0.4, 0.5) is 5.69 Å². The van der Waals surface area contributed by atoms with E-state index in [1.807, 2.05) is 30.3 Å². The summed E-state index contributed by atoms with van der Waals surface area (Å²) < 4.78 is 0. The Bertz CT molecular complexity index is 922. The van der Waals surface area contributed by atoms with Gasteiger partial charge in [0.2, 0.25) is 0 Å². The van der Waals surface area contributed by atoms with Gasteiger partial charge in [-0.1, -0.05) is 36.4 Å². The molecule has 0 amide bonds. The molecule has 4 rings (SSSR count). The van der Waals surface area contributed by atoms with Crippen LogP contribution in [0.2, 0.25) is 0 Å². The summed E-state index contributed by atoms with van der Waals surface area (Å²) in [5.74, 6) is 0.872. The molecule has 0 spiro atoms. The second kappa shape index (κ2) is 4.10. The maximum absolute atomic E-state index is 5.80. The van der Waals surface area contributed by atoms with Gasteiger partial charge >= 0.3 is 0 Å². The molecule has 1 heterocycles. The number of aromatic nitrogens is 2. The number of nitrogens with one attached hydrogen (secondary N) is 1. The second-order valence-corrected chi connectivity index (χ2v) is 4.92. The number of rotatable bonds is 1. The van der Waals surface area contributed by atoms with Crippen LogP contribution in [-0.4, -0.2) is 9.97 Å². The van der Waals surface area contributed by atoms with Crippen LogP contribution in [0.1, 0.15) is 0 Å². The summed E-state index contributed by atoms with van der Waals surface area (Å²) >= 11 is 0. The van der Waals surface area contributed by atoms with Gasteiger partial charge in [0.1, 0.15) is 5.82 Å². The highest BCUT2D eigenvalue weighted by Gasteiger charge is 2.06. The summed E-state index contributed by atoms with van der Waals surface area (Å²) in [4.78, 5) is 7.95. The molecule has 96 valence electrons. The van der Waals surface area contributed by atoms with Crippen molar-refractivity contribution in [3.05, 3.63) is 60.7 Å². The first-order valence-electron chi connectivity index (χ1n) is 6.54. The quantitative estimate of drug-likeness (QED) is 0.508. The van der Waals surface area contributed by atoms with Gasteiger partial charge in [0, 0.05) is 11.3 Å².